The maximum atomic E-state index is 5.95. The molecule has 2 N–H and O–H groups in total. The van der Waals surface area contributed by atoms with Crippen molar-refractivity contribution in [2.75, 3.05) is 13.1 Å². The number of fused-ring (bicyclic) bond motifs is 1. The SMILES string of the molecule is CC(N)C(C)CN1CCc2sccc2C1C. The lowest BCUT2D eigenvalue weighted by Crippen LogP contribution is -2.40. The predicted octanol–water partition coefficient (Wildman–Crippen LogP) is 2.65. The second-order valence-corrected chi connectivity index (χ2v) is 6.06. The predicted molar refractivity (Wildman–Crippen MR) is 70.8 cm³/mol. The van der Waals surface area contributed by atoms with Crippen molar-refractivity contribution in [3.63, 3.8) is 0 Å². The molecule has 2 rings (SSSR count). The van der Waals surface area contributed by atoms with Gasteiger partial charge in [-0.1, -0.05) is 6.92 Å². The van der Waals surface area contributed by atoms with Crippen molar-refractivity contribution in [1.29, 1.82) is 0 Å². The van der Waals surface area contributed by atoms with E-state index in [0.29, 0.717) is 12.0 Å². The fourth-order valence-corrected chi connectivity index (χ4v) is 3.31. The summed E-state index contributed by atoms with van der Waals surface area (Å²) in [5.74, 6) is 0.572. The fraction of sp³-hybridized carbons (Fsp3) is 0.692. The molecule has 0 radical (unpaired) electrons. The molecule has 0 aromatic carbocycles. The maximum absolute atomic E-state index is 5.95. The van der Waals surface area contributed by atoms with Gasteiger partial charge in [-0.2, -0.15) is 0 Å². The molecule has 0 fully saturated rings. The molecule has 2 nitrogen and oxygen atoms in total. The summed E-state index contributed by atoms with van der Waals surface area (Å²) in [7, 11) is 0. The first-order chi connectivity index (χ1) is 7.59. The van der Waals surface area contributed by atoms with Gasteiger partial charge in [-0.3, -0.25) is 4.90 Å². The highest BCUT2D eigenvalue weighted by Gasteiger charge is 2.26. The molecule has 0 bridgehead atoms. The van der Waals surface area contributed by atoms with Crippen LogP contribution in [0.5, 0.6) is 0 Å². The summed E-state index contributed by atoms with van der Waals surface area (Å²) in [6.07, 6.45) is 1.21. The van der Waals surface area contributed by atoms with Gasteiger partial charge in [0.05, 0.1) is 0 Å². The van der Waals surface area contributed by atoms with E-state index in [-0.39, 0.29) is 6.04 Å². The lowest BCUT2D eigenvalue weighted by Gasteiger charge is -2.36. The Bertz CT molecular complexity index is 345. The van der Waals surface area contributed by atoms with Crippen molar-refractivity contribution >= 4 is 11.3 Å². The van der Waals surface area contributed by atoms with Gasteiger partial charge in [0, 0.05) is 30.1 Å². The van der Waals surface area contributed by atoms with E-state index in [1.165, 1.54) is 18.5 Å². The summed E-state index contributed by atoms with van der Waals surface area (Å²) < 4.78 is 0. The van der Waals surface area contributed by atoms with Crippen LogP contribution in [0.3, 0.4) is 0 Å². The van der Waals surface area contributed by atoms with E-state index in [4.69, 9.17) is 5.73 Å². The van der Waals surface area contributed by atoms with Gasteiger partial charge in [-0.15, -0.1) is 11.3 Å². The zero-order valence-electron chi connectivity index (χ0n) is 10.4. The van der Waals surface area contributed by atoms with Crippen molar-refractivity contribution in [2.24, 2.45) is 11.7 Å². The minimum absolute atomic E-state index is 0.288. The molecule has 0 aliphatic carbocycles. The molecule has 0 spiro atoms. The molecular weight excluding hydrogens is 216 g/mol. The van der Waals surface area contributed by atoms with Crippen molar-refractivity contribution in [1.82, 2.24) is 4.90 Å². The molecule has 3 atom stereocenters. The van der Waals surface area contributed by atoms with Crippen LogP contribution in [0.4, 0.5) is 0 Å². The van der Waals surface area contributed by atoms with Gasteiger partial charge in [0.15, 0.2) is 0 Å². The van der Waals surface area contributed by atoms with E-state index in [1.807, 2.05) is 11.3 Å². The van der Waals surface area contributed by atoms with Crippen LogP contribution in [0.1, 0.15) is 37.3 Å². The summed E-state index contributed by atoms with van der Waals surface area (Å²) in [6.45, 7) is 8.98. The zero-order valence-corrected chi connectivity index (χ0v) is 11.3. The van der Waals surface area contributed by atoms with Gasteiger partial charge < -0.3 is 5.73 Å². The second kappa shape index (κ2) is 4.86. The standard InChI is InChI=1S/C13H22N2S/c1-9(10(2)14)8-15-6-4-13-12(11(15)3)5-7-16-13/h5,7,9-11H,4,6,8,14H2,1-3H3. The van der Waals surface area contributed by atoms with Crippen LogP contribution < -0.4 is 5.73 Å². The Kier molecular flexibility index (Phi) is 3.67. The molecule has 0 saturated heterocycles. The largest absolute Gasteiger partial charge is 0.328 e. The van der Waals surface area contributed by atoms with E-state index in [2.05, 4.69) is 37.1 Å². The number of hydrogen-bond acceptors (Lipinski definition) is 3. The molecule has 1 aliphatic rings. The monoisotopic (exact) mass is 238 g/mol. The summed E-state index contributed by atoms with van der Waals surface area (Å²) in [5, 5.41) is 2.22. The van der Waals surface area contributed by atoms with E-state index in [9.17, 15) is 0 Å². The van der Waals surface area contributed by atoms with Gasteiger partial charge >= 0.3 is 0 Å². The van der Waals surface area contributed by atoms with E-state index < -0.39 is 0 Å². The Balaban J connectivity index is 2.04. The van der Waals surface area contributed by atoms with Crippen LogP contribution in [-0.4, -0.2) is 24.0 Å². The number of nitrogens with zero attached hydrogens (tertiary/aromatic N) is 1. The van der Waals surface area contributed by atoms with Crippen LogP contribution in [0, 0.1) is 5.92 Å². The van der Waals surface area contributed by atoms with Gasteiger partial charge in [-0.05, 0) is 43.2 Å². The van der Waals surface area contributed by atoms with Crippen LogP contribution in [-0.2, 0) is 6.42 Å². The van der Waals surface area contributed by atoms with Crippen molar-refractivity contribution in [2.45, 2.75) is 39.3 Å². The normalized spacial score (nSPS) is 25.1. The zero-order chi connectivity index (χ0) is 11.7. The highest BCUT2D eigenvalue weighted by atomic mass is 32.1. The third-order valence-corrected chi connectivity index (χ3v) is 4.82. The Morgan fingerprint density at radius 2 is 2.31 bits per heavy atom. The fourth-order valence-electron chi connectivity index (χ4n) is 2.35. The van der Waals surface area contributed by atoms with Crippen LogP contribution in [0.25, 0.3) is 0 Å². The van der Waals surface area contributed by atoms with E-state index in [0.717, 1.165) is 6.54 Å². The van der Waals surface area contributed by atoms with Crippen LogP contribution in [0.2, 0.25) is 0 Å². The summed E-state index contributed by atoms with van der Waals surface area (Å²) in [5.41, 5.74) is 7.48. The molecule has 1 aromatic rings. The highest BCUT2D eigenvalue weighted by Crippen LogP contribution is 2.33. The molecule has 3 unspecified atom stereocenters. The topological polar surface area (TPSA) is 29.3 Å². The Morgan fingerprint density at radius 1 is 1.56 bits per heavy atom. The third kappa shape index (κ3) is 2.31. The Morgan fingerprint density at radius 3 is 3.00 bits per heavy atom. The van der Waals surface area contributed by atoms with E-state index >= 15 is 0 Å². The van der Waals surface area contributed by atoms with Crippen molar-refractivity contribution in [3.05, 3.63) is 21.9 Å². The molecule has 2 heterocycles. The molecule has 3 heteroatoms. The first-order valence-corrected chi connectivity index (χ1v) is 7.03. The smallest absolute Gasteiger partial charge is 0.0331 e. The second-order valence-electron chi connectivity index (χ2n) is 5.06. The molecule has 16 heavy (non-hydrogen) atoms. The van der Waals surface area contributed by atoms with Gasteiger partial charge in [0.2, 0.25) is 0 Å². The number of thiophene rings is 1. The summed E-state index contributed by atoms with van der Waals surface area (Å²) in [6, 6.07) is 3.14. The van der Waals surface area contributed by atoms with Crippen molar-refractivity contribution < 1.29 is 0 Å². The lowest BCUT2D eigenvalue weighted by atomic mass is 9.97. The average Bonchev–Trinajstić information content (AvgIpc) is 2.70. The summed E-state index contributed by atoms with van der Waals surface area (Å²) >= 11 is 1.90. The van der Waals surface area contributed by atoms with Gasteiger partial charge in [0.25, 0.3) is 0 Å². The number of rotatable bonds is 3. The molecule has 1 aliphatic heterocycles. The number of nitrogens with two attached hydrogens (primary N) is 1. The lowest BCUT2D eigenvalue weighted by molar-refractivity contribution is 0.166. The molecule has 90 valence electrons. The van der Waals surface area contributed by atoms with Crippen molar-refractivity contribution in [3.8, 4) is 0 Å². The molecule has 0 amide bonds. The minimum atomic E-state index is 0.288. The molecule has 0 saturated carbocycles. The quantitative estimate of drug-likeness (QED) is 0.877. The molecular formula is C13H22N2S. The first kappa shape index (κ1) is 12.1. The Hall–Kier alpha value is -0.380. The Labute approximate surface area is 102 Å². The van der Waals surface area contributed by atoms with Gasteiger partial charge in [-0.25, -0.2) is 0 Å². The number of hydrogen-bond donors (Lipinski definition) is 1. The first-order valence-electron chi connectivity index (χ1n) is 6.15. The third-order valence-electron chi connectivity index (χ3n) is 3.82. The van der Waals surface area contributed by atoms with Gasteiger partial charge in [0.1, 0.15) is 0 Å². The minimum Gasteiger partial charge on any atom is -0.328 e. The van der Waals surface area contributed by atoms with Crippen LogP contribution >= 0.6 is 11.3 Å². The van der Waals surface area contributed by atoms with Crippen LogP contribution in [0.15, 0.2) is 11.4 Å². The maximum Gasteiger partial charge on any atom is 0.0331 e. The average molecular weight is 238 g/mol. The van der Waals surface area contributed by atoms with E-state index in [1.54, 1.807) is 4.88 Å². The highest BCUT2D eigenvalue weighted by molar-refractivity contribution is 7.10. The summed E-state index contributed by atoms with van der Waals surface area (Å²) in [4.78, 5) is 4.15. The molecule has 1 aromatic heterocycles.